The lowest BCUT2D eigenvalue weighted by Crippen LogP contribution is -2.24. The van der Waals surface area contributed by atoms with Gasteiger partial charge in [0, 0.05) is 7.05 Å². The molecule has 0 atom stereocenters. The monoisotopic (exact) mass is 276 g/mol. The zero-order chi connectivity index (χ0) is 15.1. The summed E-state index contributed by atoms with van der Waals surface area (Å²) in [5, 5.41) is 0. The van der Waals surface area contributed by atoms with Crippen LogP contribution in [0.2, 0.25) is 0 Å². The molecule has 20 heavy (non-hydrogen) atoms. The van der Waals surface area contributed by atoms with Crippen molar-refractivity contribution >= 4 is 11.8 Å². The number of carbonyl (C=O) groups is 2. The number of carbonyl (C=O) groups excluding carboxylic acids is 2. The number of nitrogens with zero attached hydrogens (tertiary/aromatic N) is 2. The van der Waals surface area contributed by atoms with Gasteiger partial charge in [-0.1, -0.05) is 26.0 Å². The Balaban J connectivity index is 0.000000221. The van der Waals surface area contributed by atoms with Gasteiger partial charge in [-0.05, 0) is 45.1 Å². The summed E-state index contributed by atoms with van der Waals surface area (Å²) in [6.45, 7) is 6.92. The van der Waals surface area contributed by atoms with Gasteiger partial charge in [-0.2, -0.15) is 0 Å². The van der Waals surface area contributed by atoms with Gasteiger partial charge in [0.25, 0.3) is 11.8 Å². The van der Waals surface area contributed by atoms with Crippen LogP contribution >= 0.6 is 0 Å². The average molecular weight is 276 g/mol. The lowest BCUT2D eigenvalue weighted by Gasteiger charge is -2.12. The summed E-state index contributed by atoms with van der Waals surface area (Å²) in [5.74, 6) is -0.425. The largest absolute Gasteiger partial charge is 0.306 e. The maximum Gasteiger partial charge on any atom is 0.261 e. The molecule has 2 amide bonds. The second-order valence-corrected chi connectivity index (χ2v) is 5.02. The molecule has 0 bridgehead atoms. The Morgan fingerprint density at radius 2 is 1.35 bits per heavy atom. The molecule has 0 saturated heterocycles. The van der Waals surface area contributed by atoms with E-state index in [2.05, 4.69) is 25.8 Å². The summed E-state index contributed by atoms with van der Waals surface area (Å²) in [4.78, 5) is 26.1. The van der Waals surface area contributed by atoms with Crippen molar-refractivity contribution in [3.05, 3.63) is 35.4 Å². The number of fused-ring (bicyclic) bond motifs is 1. The Morgan fingerprint density at radius 3 is 1.70 bits per heavy atom. The second kappa shape index (κ2) is 7.80. The highest BCUT2D eigenvalue weighted by atomic mass is 16.2. The van der Waals surface area contributed by atoms with Crippen molar-refractivity contribution in [2.24, 2.45) is 0 Å². The second-order valence-electron chi connectivity index (χ2n) is 5.02. The summed E-state index contributed by atoms with van der Waals surface area (Å²) in [6, 6.07) is 6.84. The van der Waals surface area contributed by atoms with Crippen LogP contribution in [0.25, 0.3) is 0 Å². The Labute approximate surface area is 121 Å². The highest BCUT2D eigenvalue weighted by Gasteiger charge is 2.31. The van der Waals surface area contributed by atoms with Crippen LogP contribution in [-0.4, -0.2) is 48.8 Å². The molecule has 0 aromatic heterocycles. The fraction of sp³-hybridized carbons (Fsp3) is 0.500. The van der Waals surface area contributed by atoms with Gasteiger partial charge in [-0.15, -0.1) is 0 Å². The van der Waals surface area contributed by atoms with E-state index in [1.165, 1.54) is 33.0 Å². The van der Waals surface area contributed by atoms with Crippen LogP contribution in [0.1, 0.15) is 47.4 Å². The number of rotatable bonds is 4. The van der Waals surface area contributed by atoms with Crippen molar-refractivity contribution in [2.45, 2.75) is 26.7 Å². The van der Waals surface area contributed by atoms with Gasteiger partial charge in [0.1, 0.15) is 0 Å². The molecule has 4 heteroatoms. The van der Waals surface area contributed by atoms with Crippen molar-refractivity contribution in [1.29, 1.82) is 0 Å². The first-order chi connectivity index (χ1) is 9.52. The maximum absolute atomic E-state index is 11.3. The molecule has 0 unspecified atom stereocenters. The minimum atomic E-state index is -0.212. The van der Waals surface area contributed by atoms with Gasteiger partial charge in [-0.3, -0.25) is 14.5 Å². The molecule has 0 saturated carbocycles. The zero-order valence-corrected chi connectivity index (χ0v) is 12.8. The average Bonchev–Trinajstić information content (AvgIpc) is 2.66. The van der Waals surface area contributed by atoms with E-state index in [0.717, 1.165) is 4.90 Å². The third kappa shape index (κ3) is 3.90. The summed E-state index contributed by atoms with van der Waals surface area (Å²) in [5.41, 5.74) is 1.01. The molecule has 0 N–H and O–H groups in total. The van der Waals surface area contributed by atoms with Gasteiger partial charge in [0.05, 0.1) is 11.1 Å². The first-order valence-electron chi connectivity index (χ1n) is 7.12. The predicted molar refractivity (Wildman–Crippen MR) is 80.9 cm³/mol. The van der Waals surface area contributed by atoms with E-state index in [4.69, 9.17) is 0 Å². The molecule has 1 aromatic carbocycles. The summed E-state index contributed by atoms with van der Waals surface area (Å²) < 4.78 is 0. The smallest absolute Gasteiger partial charge is 0.261 e. The van der Waals surface area contributed by atoms with Crippen LogP contribution in [0, 0.1) is 0 Å². The summed E-state index contributed by atoms with van der Waals surface area (Å²) in [7, 11) is 3.66. The molecule has 1 heterocycles. The van der Waals surface area contributed by atoms with E-state index in [0.29, 0.717) is 11.1 Å². The normalized spacial score (nSPS) is 13.3. The highest BCUT2D eigenvalue weighted by molar-refractivity contribution is 6.21. The van der Waals surface area contributed by atoms with E-state index >= 15 is 0 Å². The van der Waals surface area contributed by atoms with Crippen molar-refractivity contribution in [3.63, 3.8) is 0 Å². The minimum Gasteiger partial charge on any atom is -0.306 e. The van der Waals surface area contributed by atoms with Gasteiger partial charge in [0.15, 0.2) is 0 Å². The molecule has 1 aliphatic rings. The molecule has 1 aromatic rings. The number of hydrogen-bond donors (Lipinski definition) is 0. The van der Waals surface area contributed by atoms with Crippen molar-refractivity contribution in [1.82, 2.24) is 9.80 Å². The van der Waals surface area contributed by atoms with E-state index in [9.17, 15) is 9.59 Å². The van der Waals surface area contributed by atoms with E-state index in [1.54, 1.807) is 24.3 Å². The number of imide groups is 1. The van der Waals surface area contributed by atoms with Gasteiger partial charge < -0.3 is 4.90 Å². The predicted octanol–water partition coefficient (Wildman–Crippen LogP) is 2.65. The first kappa shape index (κ1) is 16.4. The quantitative estimate of drug-likeness (QED) is 0.794. The van der Waals surface area contributed by atoms with Crippen LogP contribution in [0.4, 0.5) is 0 Å². The topological polar surface area (TPSA) is 40.6 Å². The molecule has 0 radical (unpaired) electrons. The zero-order valence-electron chi connectivity index (χ0n) is 12.8. The Kier molecular flexibility index (Phi) is 6.39. The third-order valence-electron chi connectivity index (χ3n) is 3.21. The molecule has 1 aliphatic heterocycles. The molecular weight excluding hydrogens is 252 g/mol. The van der Waals surface area contributed by atoms with Crippen LogP contribution in [0.3, 0.4) is 0 Å². The molecule has 0 aliphatic carbocycles. The van der Waals surface area contributed by atoms with Crippen LogP contribution in [0.15, 0.2) is 24.3 Å². The molecule has 110 valence electrons. The Morgan fingerprint density at radius 1 is 0.950 bits per heavy atom. The van der Waals surface area contributed by atoms with E-state index in [1.807, 2.05) is 0 Å². The fourth-order valence-electron chi connectivity index (χ4n) is 2.18. The lowest BCUT2D eigenvalue weighted by molar-refractivity contribution is 0.0693. The van der Waals surface area contributed by atoms with Gasteiger partial charge >= 0.3 is 0 Å². The Bertz CT molecular complexity index is 430. The third-order valence-corrected chi connectivity index (χ3v) is 3.21. The van der Waals surface area contributed by atoms with Crippen molar-refractivity contribution in [2.75, 3.05) is 27.2 Å². The van der Waals surface area contributed by atoms with Gasteiger partial charge in [0.2, 0.25) is 0 Å². The molecular formula is C16H24N2O2. The SMILES string of the molecule is CCCN(C)CCC.CN1C(=O)c2ccccc2C1=O. The molecule has 2 rings (SSSR count). The fourth-order valence-corrected chi connectivity index (χ4v) is 2.18. The van der Waals surface area contributed by atoms with E-state index < -0.39 is 0 Å². The number of benzene rings is 1. The van der Waals surface area contributed by atoms with Crippen LogP contribution < -0.4 is 0 Å². The minimum absolute atomic E-state index is 0.212. The number of amides is 2. The summed E-state index contributed by atoms with van der Waals surface area (Å²) in [6.07, 6.45) is 2.55. The Hall–Kier alpha value is -1.68. The molecule has 4 nitrogen and oxygen atoms in total. The molecule has 0 spiro atoms. The van der Waals surface area contributed by atoms with Gasteiger partial charge in [-0.25, -0.2) is 0 Å². The maximum atomic E-state index is 11.3. The van der Waals surface area contributed by atoms with Crippen LogP contribution in [-0.2, 0) is 0 Å². The van der Waals surface area contributed by atoms with E-state index in [-0.39, 0.29) is 11.8 Å². The summed E-state index contributed by atoms with van der Waals surface area (Å²) >= 11 is 0. The molecule has 0 fully saturated rings. The lowest BCUT2D eigenvalue weighted by atomic mass is 10.1. The number of hydrogen-bond acceptors (Lipinski definition) is 3. The first-order valence-corrected chi connectivity index (χ1v) is 7.12. The van der Waals surface area contributed by atoms with Crippen molar-refractivity contribution in [3.8, 4) is 0 Å². The van der Waals surface area contributed by atoms with Crippen molar-refractivity contribution < 1.29 is 9.59 Å². The highest BCUT2D eigenvalue weighted by Crippen LogP contribution is 2.20. The van der Waals surface area contributed by atoms with Crippen LogP contribution in [0.5, 0.6) is 0 Å². The standard InChI is InChI=1S/C9H7NO2.C7H17N/c1-10-8(11)6-4-2-3-5-7(6)9(10)12;1-4-6-8(3)7-5-2/h2-5H,1H3;4-7H2,1-3H3.